The van der Waals surface area contributed by atoms with Crippen LogP contribution in [0.25, 0.3) is 10.2 Å². The second-order valence-electron chi connectivity index (χ2n) is 6.40. The van der Waals surface area contributed by atoms with E-state index in [9.17, 15) is 14.0 Å². The van der Waals surface area contributed by atoms with Gasteiger partial charge in [-0.1, -0.05) is 30.3 Å². The fraction of sp³-hybridized carbons (Fsp3) is 0.0952. The van der Waals surface area contributed by atoms with Crippen LogP contribution in [0.1, 0.15) is 15.2 Å². The van der Waals surface area contributed by atoms with Crippen molar-refractivity contribution in [3.8, 4) is 5.75 Å². The predicted octanol–water partition coefficient (Wildman–Crippen LogP) is 4.21. The second-order valence-corrected chi connectivity index (χ2v) is 7.43. The smallest absolute Gasteiger partial charge is 0.265 e. The summed E-state index contributed by atoms with van der Waals surface area (Å²) in [6.07, 6.45) is -0.113. The molecule has 7 nitrogen and oxygen atoms in total. The molecule has 0 bridgehead atoms. The largest absolute Gasteiger partial charge is 0.495 e. The van der Waals surface area contributed by atoms with Gasteiger partial charge in [0, 0.05) is 0 Å². The molecule has 4 rings (SSSR count). The average Bonchev–Trinajstić information content (AvgIpc) is 3.32. The third-order valence-electron chi connectivity index (χ3n) is 4.40. The van der Waals surface area contributed by atoms with E-state index in [-0.39, 0.29) is 12.3 Å². The Labute approximate surface area is 174 Å². The third-order valence-corrected chi connectivity index (χ3v) is 5.43. The zero-order valence-electron chi connectivity index (χ0n) is 15.9. The Hall–Kier alpha value is -3.72. The maximum absolute atomic E-state index is 13.8. The van der Waals surface area contributed by atoms with E-state index in [2.05, 4.69) is 20.8 Å². The molecule has 0 saturated heterocycles. The highest BCUT2D eigenvalue weighted by atomic mass is 32.1. The number of para-hydroxylation sites is 2. The van der Waals surface area contributed by atoms with Gasteiger partial charge in [0.15, 0.2) is 0 Å². The minimum atomic E-state index is -0.437. The first-order chi connectivity index (χ1) is 14.5. The van der Waals surface area contributed by atoms with Crippen LogP contribution in [-0.2, 0) is 11.2 Å². The predicted molar refractivity (Wildman–Crippen MR) is 114 cm³/mol. The lowest BCUT2D eigenvalue weighted by Crippen LogP contribution is -2.15. The molecule has 0 radical (unpaired) electrons. The summed E-state index contributed by atoms with van der Waals surface area (Å²) in [5.41, 5.74) is 0.851. The summed E-state index contributed by atoms with van der Waals surface area (Å²) in [7, 11) is 1.53. The highest BCUT2D eigenvalue weighted by molar-refractivity contribution is 7.20. The average molecular weight is 424 g/mol. The summed E-state index contributed by atoms with van der Waals surface area (Å²) in [6, 6.07) is 14.8. The molecule has 4 aromatic rings. The maximum atomic E-state index is 13.8. The number of carbonyl (C=O) groups is 2. The summed E-state index contributed by atoms with van der Waals surface area (Å²) in [6.45, 7) is 0. The number of aromatic nitrogens is 2. The van der Waals surface area contributed by atoms with Gasteiger partial charge in [-0.25, -0.2) is 4.39 Å². The van der Waals surface area contributed by atoms with Crippen molar-refractivity contribution in [2.45, 2.75) is 6.42 Å². The van der Waals surface area contributed by atoms with E-state index in [0.717, 1.165) is 0 Å². The molecule has 0 fully saturated rings. The number of benzene rings is 2. The zero-order chi connectivity index (χ0) is 21.1. The Morgan fingerprint density at radius 1 is 1.13 bits per heavy atom. The quantitative estimate of drug-likeness (QED) is 0.432. The molecule has 0 aliphatic carbocycles. The van der Waals surface area contributed by atoms with Crippen molar-refractivity contribution in [3.05, 3.63) is 70.9 Å². The van der Waals surface area contributed by atoms with Crippen molar-refractivity contribution in [3.63, 3.8) is 0 Å². The number of thiophene rings is 1. The molecule has 2 aromatic heterocycles. The standard InChI is InChI=1S/C21H17FN4O3S/c1-29-16-9-5-4-8-15(16)23-20(28)17-11-13-19(25-26-21(13)30-17)24-18(27)10-12-6-2-3-7-14(12)22/h2-9,11H,10H2,1H3,(H,23,28)(H2,24,25,26,27). The number of hydrogen-bond donors (Lipinski definition) is 3. The topological polar surface area (TPSA) is 96.1 Å². The first-order valence-electron chi connectivity index (χ1n) is 9.00. The zero-order valence-corrected chi connectivity index (χ0v) is 16.7. The first-order valence-corrected chi connectivity index (χ1v) is 9.82. The number of halogens is 1. The Bertz CT molecular complexity index is 1230. The molecule has 0 aliphatic heterocycles. The van der Waals surface area contributed by atoms with Crippen molar-refractivity contribution in [2.75, 3.05) is 17.7 Å². The number of carbonyl (C=O) groups excluding carboxylic acids is 2. The van der Waals surface area contributed by atoms with Crippen LogP contribution in [0.3, 0.4) is 0 Å². The van der Waals surface area contributed by atoms with Crippen LogP contribution in [0.15, 0.2) is 54.6 Å². The lowest BCUT2D eigenvalue weighted by Gasteiger charge is -2.08. The molecular formula is C21H17FN4O3S. The molecule has 152 valence electrons. The van der Waals surface area contributed by atoms with Crippen molar-refractivity contribution < 1.29 is 18.7 Å². The molecule has 9 heteroatoms. The van der Waals surface area contributed by atoms with Crippen molar-refractivity contribution in [1.29, 1.82) is 0 Å². The number of H-pyrrole nitrogens is 1. The number of ether oxygens (including phenoxy) is 1. The molecule has 2 heterocycles. The maximum Gasteiger partial charge on any atom is 0.265 e. The van der Waals surface area contributed by atoms with Crippen molar-refractivity contribution in [2.24, 2.45) is 0 Å². The lowest BCUT2D eigenvalue weighted by molar-refractivity contribution is -0.115. The van der Waals surface area contributed by atoms with Gasteiger partial charge in [0.2, 0.25) is 5.91 Å². The van der Waals surface area contributed by atoms with Crippen LogP contribution in [0.4, 0.5) is 15.9 Å². The molecule has 2 aromatic carbocycles. The Kier molecular flexibility index (Phi) is 5.44. The van der Waals surface area contributed by atoms with E-state index >= 15 is 0 Å². The minimum absolute atomic E-state index is 0.113. The Morgan fingerprint density at radius 2 is 1.90 bits per heavy atom. The molecule has 2 amide bonds. The number of methoxy groups -OCH3 is 1. The van der Waals surface area contributed by atoms with E-state index < -0.39 is 11.7 Å². The highest BCUT2D eigenvalue weighted by Gasteiger charge is 2.18. The minimum Gasteiger partial charge on any atom is -0.495 e. The van der Waals surface area contributed by atoms with Gasteiger partial charge in [-0.2, -0.15) is 5.10 Å². The fourth-order valence-corrected chi connectivity index (χ4v) is 3.84. The normalized spacial score (nSPS) is 10.7. The third kappa shape index (κ3) is 4.01. The number of fused-ring (bicyclic) bond motifs is 1. The summed E-state index contributed by atoms with van der Waals surface area (Å²) < 4.78 is 19.0. The van der Waals surface area contributed by atoms with E-state index in [4.69, 9.17) is 4.74 Å². The van der Waals surface area contributed by atoms with Gasteiger partial charge >= 0.3 is 0 Å². The van der Waals surface area contributed by atoms with Crippen LogP contribution >= 0.6 is 11.3 Å². The van der Waals surface area contributed by atoms with Gasteiger partial charge in [0.1, 0.15) is 22.2 Å². The number of hydrogen-bond acceptors (Lipinski definition) is 5. The first kappa shape index (κ1) is 19.6. The van der Waals surface area contributed by atoms with E-state index in [1.54, 1.807) is 42.5 Å². The SMILES string of the molecule is COc1ccccc1NC(=O)c1cc2c(NC(=O)Cc3ccccc3F)[nH]nc2s1. The number of nitrogens with one attached hydrogen (secondary N) is 3. The summed E-state index contributed by atoms with van der Waals surface area (Å²) in [5.74, 6) is -0.232. The Balaban J connectivity index is 1.50. The van der Waals surface area contributed by atoms with E-state index in [1.807, 2.05) is 6.07 Å². The van der Waals surface area contributed by atoms with Gasteiger partial charge in [0.25, 0.3) is 5.91 Å². The summed E-state index contributed by atoms with van der Waals surface area (Å²) >= 11 is 1.19. The fourth-order valence-electron chi connectivity index (χ4n) is 2.95. The van der Waals surface area contributed by atoms with Gasteiger partial charge < -0.3 is 15.4 Å². The monoisotopic (exact) mass is 424 g/mol. The van der Waals surface area contributed by atoms with Crippen LogP contribution in [0, 0.1) is 5.82 Å². The van der Waals surface area contributed by atoms with E-state index in [0.29, 0.717) is 37.9 Å². The van der Waals surface area contributed by atoms with Gasteiger partial charge in [-0.15, -0.1) is 11.3 Å². The van der Waals surface area contributed by atoms with E-state index in [1.165, 1.54) is 24.5 Å². The number of rotatable bonds is 6. The van der Waals surface area contributed by atoms with Crippen molar-refractivity contribution >= 4 is 44.9 Å². The van der Waals surface area contributed by atoms with Gasteiger partial charge in [-0.05, 0) is 29.8 Å². The van der Waals surface area contributed by atoms with Crippen LogP contribution in [0.5, 0.6) is 5.75 Å². The van der Waals surface area contributed by atoms with Crippen LogP contribution in [0.2, 0.25) is 0 Å². The Morgan fingerprint density at radius 3 is 2.70 bits per heavy atom. The second kappa shape index (κ2) is 8.34. The number of aromatic amines is 1. The molecular weight excluding hydrogens is 407 g/mol. The molecule has 0 atom stereocenters. The molecule has 0 aliphatic rings. The number of amides is 2. The highest BCUT2D eigenvalue weighted by Crippen LogP contribution is 2.31. The van der Waals surface area contributed by atoms with Crippen LogP contribution < -0.4 is 15.4 Å². The lowest BCUT2D eigenvalue weighted by atomic mass is 10.1. The molecule has 30 heavy (non-hydrogen) atoms. The molecule has 0 saturated carbocycles. The molecule has 3 N–H and O–H groups in total. The van der Waals surface area contributed by atoms with Gasteiger partial charge in [-0.3, -0.25) is 14.7 Å². The van der Waals surface area contributed by atoms with Crippen molar-refractivity contribution in [1.82, 2.24) is 10.2 Å². The molecule has 0 unspecified atom stereocenters. The summed E-state index contributed by atoms with van der Waals surface area (Å²) in [4.78, 5) is 26.0. The number of anilines is 2. The van der Waals surface area contributed by atoms with Gasteiger partial charge in [0.05, 0.1) is 29.5 Å². The molecule has 0 spiro atoms. The number of nitrogens with zero attached hydrogens (tertiary/aromatic N) is 1. The van der Waals surface area contributed by atoms with Crippen LogP contribution in [-0.4, -0.2) is 29.1 Å². The summed E-state index contributed by atoms with van der Waals surface area (Å²) in [5, 5.41) is 13.0.